The van der Waals surface area contributed by atoms with Gasteiger partial charge in [0.1, 0.15) is 10.8 Å². The number of aromatic nitrogens is 2. The van der Waals surface area contributed by atoms with Crippen molar-refractivity contribution < 1.29 is 0 Å². The van der Waals surface area contributed by atoms with Crippen LogP contribution in [0.2, 0.25) is 0 Å². The Morgan fingerprint density at radius 1 is 1.33 bits per heavy atom. The van der Waals surface area contributed by atoms with Crippen LogP contribution in [-0.2, 0) is 0 Å². The second-order valence-corrected chi connectivity index (χ2v) is 6.79. The summed E-state index contributed by atoms with van der Waals surface area (Å²) in [5.74, 6) is 2.25. The molecule has 0 amide bonds. The van der Waals surface area contributed by atoms with Crippen molar-refractivity contribution in [3.05, 3.63) is 24.5 Å². The summed E-state index contributed by atoms with van der Waals surface area (Å²) in [6.07, 6.45) is 8.97. The van der Waals surface area contributed by atoms with Crippen LogP contribution in [0.4, 0.5) is 10.8 Å². The molecule has 2 aromatic rings. The van der Waals surface area contributed by atoms with Crippen molar-refractivity contribution in [2.75, 3.05) is 17.6 Å². The fraction of sp³-hybridized carbons (Fsp3) is 0.500. The first-order chi connectivity index (χ1) is 10.2. The van der Waals surface area contributed by atoms with E-state index in [1.54, 1.807) is 6.20 Å². The number of rotatable bonds is 4. The molecule has 1 fully saturated rings. The lowest BCUT2D eigenvalue weighted by Gasteiger charge is -2.26. The molecular formula is C16H22N4S. The summed E-state index contributed by atoms with van der Waals surface area (Å²) in [6, 6.07) is 3.96. The molecule has 1 aliphatic rings. The molecule has 0 atom stereocenters. The second kappa shape index (κ2) is 6.43. The van der Waals surface area contributed by atoms with Gasteiger partial charge in [-0.2, -0.15) is 4.37 Å². The van der Waals surface area contributed by atoms with Crippen LogP contribution in [0.25, 0.3) is 11.1 Å². The van der Waals surface area contributed by atoms with E-state index < -0.39 is 0 Å². The standard InChI is InChI=1S/C16H22N4S/c1-11-4-6-12(7-5-11)9-19-16-14(15(17)20-21-16)13-3-2-8-18-10-13/h2-3,8,10-12,19H,4-7,9H2,1H3,(H2,17,20). The molecule has 3 rings (SSSR count). The molecule has 4 nitrogen and oxygen atoms in total. The van der Waals surface area contributed by atoms with Gasteiger partial charge in [-0.25, -0.2) is 0 Å². The highest BCUT2D eigenvalue weighted by molar-refractivity contribution is 7.11. The molecule has 3 N–H and O–H groups in total. The molecule has 0 radical (unpaired) electrons. The Kier molecular flexibility index (Phi) is 4.39. The third-order valence-corrected chi connectivity index (χ3v) is 5.17. The van der Waals surface area contributed by atoms with E-state index in [4.69, 9.17) is 5.73 Å². The highest BCUT2D eigenvalue weighted by Crippen LogP contribution is 2.37. The van der Waals surface area contributed by atoms with Crippen LogP contribution in [0.15, 0.2) is 24.5 Å². The Balaban J connectivity index is 1.69. The predicted octanol–water partition coefficient (Wildman–Crippen LogP) is 4.03. The van der Waals surface area contributed by atoms with Gasteiger partial charge < -0.3 is 11.1 Å². The van der Waals surface area contributed by atoms with E-state index in [9.17, 15) is 0 Å². The monoisotopic (exact) mass is 302 g/mol. The highest BCUT2D eigenvalue weighted by Gasteiger charge is 2.19. The maximum Gasteiger partial charge on any atom is 0.147 e. The van der Waals surface area contributed by atoms with Crippen molar-refractivity contribution in [3.8, 4) is 11.1 Å². The van der Waals surface area contributed by atoms with Crippen LogP contribution >= 0.6 is 11.5 Å². The van der Waals surface area contributed by atoms with Gasteiger partial charge >= 0.3 is 0 Å². The molecule has 0 bridgehead atoms. The summed E-state index contributed by atoms with van der Waals surface area (Å²) in [7, 11) is 0. The third kappa shape index (κ3) is 3.35. The van der Waals surface area contributed by atoms with E-state index in [-0.39, 0.29) is 0 Å². The molecule has 5 heteroatoms. The fourth-order valence-electron chi connectivity index (χ4n) is 2.98. The van der Waals surface area contributed by atoms with Gasteiger partial charge in [0.05, 0.1) is 5.56 Å². The lowest BCUT2D eigenvalue weighted by Crippen LogP contribution is -2.20. The summed E-state index contributed by atoms with van der Waals surface area (Å²) in [5.41, 5.74) is 8.06. The molecule has 0 spiro atoms. The van der Waals surface area contributed by atoms with E-state index in [1.807, 2.05) is 18.3 Å². The molecule has 2 heterocycles. The Hall–Kier alpha value is -1.62. The fourth-order valence-corrected chi connectivity index (χ4v) is 3.73. The van der Waals surface area contributed by atoms with Crippen molar-refractivity contribution in [2.24, 2.45) is 11.8 Å². The van der Waals surface area contributed by atoms with Crippen LogP contribution in [0.5, 0.6) is 0 Å². The number of anilines is 2. The van der Waals surface area contributed by atoms with Gasteiger partial charge in [-0.3, -0.25) is 4.98 Å². The number of nitrogen functional groups attached to an aromatic ring is 1. The van der Waals surface area contributed by atoms with Gasteiger partial charge in [0.25, 0.3) is 0 Å². The van der Waals surface area contributed by atoms with Gasteiger partial charge in [-0.15, -0.1) is 0 Å². The highest BCUT2D eigenvalue weighted by atomic mass is 32.1. The Morgan fingerprint density at radius 2 is 2.14 bits per heavy atom. The molecule has 1 saturated carbocycles. The van der Waals surface area contributed by atoms with Crippen LogP contribution in [-0.4, -0.2) is 15.9 Å². The minimum absolute atomic E-state index is 0.591. The zero-order chi connectivity index (χ0) is 14.7. The van der Waals surface area contributed by atoms with Gasteiger partial charge in [0.15, 0.2) is 0 Å². The lowest BCUT2D eigenvalue weighted by atomic mass is 9.83. The van der Waals surface area contributed by atoms with Crippen LogP contribution < -0.4 is 11.1 Å². The van der Waals surface area contributed by atoms with Crippen molar-refractivity contribution in [3.63, 3.8) is 0 Å². The van der Waals surface area contributed by atoms with Crippen molar-refractivity contribution >= 4 is 22.4 Å². The molecule has 0 saturated heterocycles. The Morgan fingerprint density at radius 3 is 2.86 bits per heavy atom. The van der Waals surface area contributed by atoms with E-state index >= 15 is 0 Å². The quantitative estimate of drug-likeness (QED) is 0.895. The minimum atomic E-state index is 0.591. The largest absolute Gasteiger partial charge is 0.382 e. The molecular weight excluding hydrogens is 280 g/mol. The maximum absolute atomic E-state index is 6.03. The van der Waals surface area contributed by atoms with Crippen LogP contribution in [0.3, 0.4) is 0 Å². The van der Waals surface area contributed by atoms with E-state index in [2.05, 4.69) is 21.6 Å². The zero-order valence-corrected chi connectivity index (χ0v) is 13.2. The minimum Gasteiger partial charge on any atom is -0.382 e. The first-order valence-corrected chi connectivity index (χ1v) is 8.40. The van der Waals surface area contributed by atoms with E-state index in [0.29, 0.717) is 5.82 Å². The number of nitrogens with zero attached hydrogens (tertiary/aromatic N) is 2. The predicted molar refractivity (Wildman–Crippen MR) is 89.4 cm³/mol. The van der Waals surface area contributed by atoms with Crippen molar-refractivity contribution in [1.29, 1.82) is 0 Å². The van der Waals surface area contributed by atoms with E-state index in [1.165, 1.54) is 37.2 Å². The first kappa shape index (κ1) is 14.3. The molecule has 0 aliphatic heterocycles. The number of hydrogen-bond acceptors (Lipinski definition) is 5. The van der Waals surface area contributed by atoms with Gasteiger partial charge in [0, 0.05) is 24.5 Å². The molecule has 1 aliphatic carbocycles. The van der Waals surface area contributed by atoms with E-state index in [0.717, 1.165) is 34.5 Å². The zero-order valence-electron chi connectivity index (χ0n) is 12.4. The molecule has 21 heavy (non-hydrogen) atoms. The SMILES string of the molecule is CC1CCC(CNc2snc(N)c2-c2cccnc2)CC1. The molecule has 112 valence electrons. The summed E-state index contributed by atoms with van der Waals surface area (Å²) >= 11 is 1.45. The topological polar surface area (TPSA) is 63.8 Å². The van der Waals surface area contributed by atoms with Gasteiger partial charge in [0.2, 0.25) is 0 Å². The average Bonchev–Trinajstić information content (AvgIpc) is 2.88. The van der Waals surface area contributed by atoms with Gasteiger partial charge in [-0.05, 0) is 42.3 Å². The van der Waals surface area contributed by atoms with Gasteiger partial charge in [-0.1, -0.05) is 25.8 Å². The third-order valence-electron chi connectivity index (χ3n) is 4.36. The second-order valence-electron chi connectivity index (χ2n) is 6.02. The summed E-state index contributed by atoms with van der Waals surface area (Å²) in [6.45, 7) is 3.37. The Bertz CT molecular complexity index is 573. The number of nitrogens with two attached hydrogens (primary N) is 1. The van der Waals surface area contributed by atoms with Crippen molar-refractivity contribution in [2.45, 2.75) is 32.6 Å². The maximum atomic E-state index is 6.03. The Labute approximate surface area is 130 Å². The normalized spacial score (nSPS) is 22.1. The number of nitrogens with one attached hydrogen (secondary N) is 1. The summed E-state index contributed by atoms with van der Waals surface area (Å²) in [4.78, 5) is 4.17. The number of hydrogen-bond donors (Lipinski definition) is 2. The molecule has 2 aromatic heterocycles. The summed E-state index contributed by atoms with van der Waals surface area (Å²) < 4.78 is 4.30. The van der Waals surface area contributed by atoms with Crippen molar-refractivity contribution in [1.82, 2.24) is 9.36 Å². The number of pyridine rings is 1. The molecule has 0 unspecified atom stereocenters. The molecule has 0 aromatic carbocycles. The van der Waals surface area contributed by atoms with Crippen LogP contribution in [0, 0.1) is 11.8 Å². The average molecular weight is 302 g/mol. The first-order valence-electron chi connectivity index (χ1n) is 7.63. The van der Waals surface area contributed by atoms with Crippen LogP contribution in [0.1, 0.15) is 32.6 Å². The smallest absolute Gasteiger partial charge is 0.147 e. The lowest BCUT2D eigenvalue weighted by molar-refractivity contribution is 0.300. The summed E-state index contributed by atoms with van der Waals surface area (Å²) in [5, 5.41) is 4.63.